The zero-order chi connectivity index (χ0) is 19.4. The Hall–Kier alpha value is -4.09. The third kappa shape index (κ3) is 2.28. The molecular formula is C27H16N2. The van der Waals surface area contributed by atoms with E-state index in [1.165, 1.54) is 32.3 Å². The third-order valence-electron chi connectivity index (χ3n) is 5.77. The highest BCUT2D eigenvalue weighted by atomic mass is 15.0. The Morgan fingerprint density at radius 1 is 0.552 bits per heavy atom. The van der Waals surface area contributed by atoms with Crippen LogP contribution in [0, 0.1) is 11.3 Å². The minimum Gasteiger partial charge on any atom is -0.308 e. The summed E-state index contributed by atoms with van der Waals surface area (Å²) in [7, 11) is 0. The average molecular weight is 368 g/mol. The molecule has 0 aliphatic carbocycles. The molecule has 0 saturated carbocycles. The van der Waals surface area contributed by atoms with Gasteiger partial charge in [-0.25, -0.2) is 0 Å². The minimum atomic E-state index is 0.674. The molecule has 0 aliphatic heterocycles. The van der Waals surface area contributed by atoms with E-state index in [1.54, 1.807) is 0 Å². The van der Waals surface area contributed by atoms with Gasteiger partial charge in [-0.1, -0.05) is 60.7 Å². The maximum atomic E-state index is 9.74. The van der Waals surface area contributed by atoms with Crippen molar-refractivity contribution < 1.29 is 0 Å². The van der Waals surface area contributed by atoms with E-state index in [1.807, 2.05) is 24.3 Å². The summed E-state index contributed by atoms with van der Waals surface area (Å²) in [6.45, 7) is 0. The first-order chi connectivity index (χ1) is 14.3. The van der Waals surface area contributed by atoms with Crippen LogP contribution < -0.4 is 0 Å². The Labute approximate surface area is 167 Å². The fourth-order valence-electron chi connectivity index (χ4n) is 4.41. The molecule has 29 heavy (non-hydrogen) atoms. The molecule has 0 aliphatic rings. The molecule has 0 fully saturated rings. The molecule has 6 aromatic rings. The van der Waals surface area contributed by atoms with Crippen LogP contribution in [0.4, 0.5) is 0 Å². The van der Waals surface area contributed by atoms with Crippen LogP contribution in [0.5, 0.6) is 0 Å². The van der Waals surface area contributed by atoms with Crippen molar-refractivity contribution in [1.82, 2.24) is 4.57 Å². The Morgan fingerprint density at radius 3 is 1.52 bits per heavy atom. The number of aromatic nitrogens is 1. The molecule has 0 N–H and O–H groups in total. The van der Waals surface area contributed by atoms with Gasteiger partial charge in [0.25, 0.3) is 0 Å². The van der Waals surface area contributed by atoms with Crippen molar-refractivity contribution in [2.75, 3.05) is 0 Å². The quantitative estimate of drug-likeness (QED) is 0.308. The molecule has 0 unspecified atom stereocenters. The number of para-hydroxylation sites is 1. The second-order valence-electron chi connectivity index (χ2n) is 7.40. The molecule has 0 atom stereocenters. The summed E-state index contributed by atoms with van der Waals surface area (Å²) in [6.07, 6.45) is 0. The van der Waals surface area contributed by atoms with E-state index < -0.39 is 0 Å². The van der Waals surface area contributed by atoms with Crippen LogP contribution in [0.2, 0.25) is 0 Å². The maximum absolute atomic E-state index is 9.74. The fraction of sp³-hybridized carbons (Fsp3) is 0. The molecule has 0 bridgehead atoms. The van der Waals surface area contributed by atoms with Crippen molar-refractivity contribution in [3.05, 3.63) is 103 Å². The van der Waals surface area contributed by atoms with Crippen molar-refractivity contribution >= 4 is 43.4 Å². The first kappa shape index (κ1) is 15.9. The molecule has 0 saturated heterocycles. The first-order valence-corrected chi connectivity index (χ1v) is 9.69. The molecular weight excluding hydrogens is 352 g/mol. The van der Waals surface area contributed by atoms with E-state index in [9.17, 15) is 5.26 Å². The van der Waals surface area contributed by atoms with Gasteiger partial charge in [0.05, 0.1) is 22.3 Å². The molecule has 0 amide bonds. The van der Waals surface area contributed by atoms with Crippen LogP contribution in [0.25, 0.3) is 49.0 Å². The van der Waals surface area contributed by atoms with Gasteiger partial charge in [-0.15, -0.1) is 0 Å². The first-order valence-electron chi connectivity index (χ1n) is 9.69. The van der Waals surface area contributed by atoms with Crippen molar-refractivity contribution in [3.63, 3.8) is 0 Å². The van der Waals surface area contributed by atoms with E-state index in [4.69, 9.17) is 0 Å². The standard InChI is InChI=1S/C27H16N2/c28-17-22-11-5-6-12-25(22)29-26-15-20-9-3-1-7-18(20)13-23(26)24-14-19-8-2-4-10-21(19)16-27(24)29/h1-16H. The largest absolute Gasteiger partial charge is 0.308 e. The minimum absolute atomic E-state index is 0.674. The van der Waals surface area contributed by atoms with Crippen molar-refractivity contribution in [1.29, 1.82) is 5.26 Å². The van der Waals surface area contributed by atoms with E-state index in [2.05, 4.69) is 83.4 Å². The molecule has 1 aromatic heterocycles. The van der Waals surface area contributed by atoms with Crippen LogP contribution in [-0.2, 0) is 0 Å². The molecule has 1 heterocycles. The second kappa shape index (κ2) is 5.95. The van der Waals surface area contributed by atoms with Crippen molar-refractivity contribution in [3.8, 4) is 11.8 Å². The molecule has 2 heteroatoms. The summed E-state index contributed by atoms with van der Waals surface area (Å²) in [5, 5.41) is 17.0. The van der Waals surface area contributed by atoms with Gasteiger partial charge < -0.3 is 4.57 Å². The Morgan fingerprint density at radius 2 is 1.00 bits per heavy atom. The summed E-state index contributed by atoms with van der Waals surface area (Å²) in [5.41, 5.74) is 3.83. The summed E-state index contributed by atoms with van der Waals surface area (Å²) < 4.78 is 2.24. The van der Waals surface area contributed by atoms with Crippen LogP contribution in [-0.4, -0.2) is 4.57 Å². The van der Waals surface area contributed by atoms with Gasteiger partial charge in [-0.05, 0) is 57.9 Å². The molecule has 5 aromatic carbocycles. The van der Waals surface area contributed by atoms with E-state index >= 15 is 0 Å². The van der Waals surface area contributed by atoms with Crippen molar-refractivity contribution in [2.24, 2.45) is 0 Å². The summed E-state index contributed by atoms with van der Waals surface area (Å²) in [4.78, 5) is 0. The van der Waals surface area contributed by atoms with Gasteiger partial charge in [0.1, 0.15) is 6.07 Å². The van der Waals surface area contributed by atoms with Gasteiger partial charge in [0.15, 0.2) is 0 Å². The fourth-order valence-corrected chi connectivity index (χ4v) is 4.41. The van der Waals surface area contributed by atoms with Crippen LogP contribution in [0.1, 0.15) is 5.56 Å². The third-order valence-corrected chi connectivity index (χ3v) is 5.77. The lowest BCUT2D eigenvalue weighted by molar-refractivity contribution is 1.17. The van der Waals surface area contributed by atoms with E-state index in [-0.39, 0.29) is 0 Å². The summed E-state index contributed by atoms with van der Waals surface area (Å²) >= 11 is 0. The SMILES string of the molecule is N#Cc1ccccc1-n1c2cc3ccccc3cc2c2cc3ccccc3cc21. The Balaban J connectivity index is 1.89. The highest BCUT2D eigenvalue weighted by Gasteiger charge is 2.16. The molecule has 0 radical (unpaired) electrons. The summed E-state index contributed by atoms with van der Waals surface area (Å²) in [6, 6.07) is 36.1. The van der Waals surface area contributed by atoms with Gasteiger partial charge >= 0.3 is 0 Å². The predicted octanol–water partition coefficient (Wildman–Crippen LogP) is 6.96. The smallest absolute Gasteiger partial charge is 0.101 e. The topological polar surface area (TPSA) is 28.7 Å². The zero-order valence-electron chi connectivity index (χ0n) is 15.6. The Bertz CT molecular complexity index is 1520. The van der Waals surface area contributed by atoms with Gasteiger partial charge in [-0.3, -0.25) is 0 Å². The van der Waals surface area contributed by atoms with Crippen LogP contribution in [0.3, 0.4) is 0 Å². The number of fused-ring (bicyclic) bond motifs is 5. The monoisotopic (exact) mass is 368 g/mol. The number of benzene rings is 5. The lowest BCUT2D eigenvalue weighted by Crippen LogP contribution is -1.97. The van der Waals surface area contributed by atoms with Gasteiger partial charge in [0, 0.05) is 10.8 Å². The Kier molecular flexibility index (Phi) is 3.27. The van der Waals surface area contributed by atoms with Crippen LogP contribution >= 0.6 is 0 Å². The van der Waals surface area contributed by atoms with Crippen molar-refractivity contribution in [2.45, 2.75) is 0 Å². The normalized spacial score (nSPS) is 11.4. The molecule has 134 valence electrons. The molecule has 2 nitrogen and oxygen atoms in total. The van der Waals surface area contributed by atoms with Gasteiger partial charge in [-0.2, -0.15) is 5.26 Å². The maximum Gasteiger partial charge on any atom is 0.101 e. The number of hydrogen-bond acceptors (Lipinski definition) is 1. The lowest BCUT2D eigenvalue weighted by Gasteiger charge is -2.10. The number of hydrogen-bond donors (Lipinski definition) is 0. The lowest BCUT2D eigenvalue weighted by atomic mass is 10.0. The zero-order valence-corrected chi connectivity index (χ0v) is 15.6. The number of rotatable bonds is 1. The average Bonchev–Trinajstić information content (AvgIpc) is 3.08. The van der Waals surface area contributed by atoms with E-state index in [0.29, 0.717) is 5.56 Å². The number of nitrogens with zero attached hydrogens (tertiary/aromatic N) is 2. The van der Waals surface area contributed by atoms with Crippen LogP contribution in [0.15, 0.2) is 97.1 Å². The second-order valence-corrected chi connectivity index (χ2v) is 7.40. The summed E-state index contributed by atoms with van der Waals surface area (Å²) in [5.74, 6) is 0. The number of nitriles is 1. The highest BCUT2D eigenvalue weighted by molar-refractivity contribution is 6.16. The van der Waals surface area contributed by atoms with Gasteiger partial charge in [0.2, 0.25) is 0 Å². The molecule has 6 rings (SSSR count). The highest BCUT2D eigenvalue weighted by Crippen LogP contribution is 2.37. The van der Waals surface area contributed by atoms with E-state index in [0.717, 1.165) is 16.7 Å². The molecule has 0 spiro atoms. The predicted molar refractivity (Wildman–Crippen MR) is 121 cm³/mol.